The second-order valence-electron chi connectivity index (χ2n) is 8.23. The molecule has 4 heterocycles. The quantitative estimate of drug-likeness (QED) is 0.639. The van der Waals surface area contributed by atoms with E-state index in [2.05, 4.69) is 31.6 Å². The Bertz CT molecular complexity index is 1020. The lowest BCUT2D eigenvalue weighted by molar-refractivity contribution is 0.0779. The molecular weight excluding hydrogens is 366 g/mol. The van der Waals surface area contributed by atoms with Gasteiger partial charge in [0.05, 0.1) is 6.54 Å². The molecule has 8 nitrogen and oxygen atoms in total. The monoisotopic (exact) mass is 395 g/mol. The van der Waals surface area contributed by atoms with Gasteiger partial charge in [-0.2, -0.15) is 5.10 Å². The van der Waals surface area contributed by atoms with Gasteiger partial charge in [0.1, 0.15) is 5.82 Å². The summed E-state index contributed by atoms with van der Waals surface area (Å²) in [6.07, 6.45) is 5.93. The van der Waals surface area contributed by atoms with Crippen molar-refractivity contribution in [3.8, 4) is 0 Å². The lowest BCUT2D eigenvalue weighted by atomic mass is 10.1. The van der Waals surface area contributed by atoms with Crippen LogP contribution in [0.4, 0.5) is 0 Å². The van der Waals surface area contributed by atoms with E-state index in [9.17, 15) is 4.79 Å². The third-order valence-electron chi connectivity index (χ3n) is 5.78. The molecule has 0 radical (unpaired) electrons. The normalized spacial score (nSPS) is 17.0. The molecule has 1 saturated heterocycles. The Morgan fingerprint density at radius 2 is 2.14 bits per heavy atom. The molecule has 0 saturated carbocycles. The highest BCUT2D eigenvalue weighted by molar-refractivity contribution is 5.93. The molecule has 1 amide bonds. The van der Waals surface area contributed by atoms with Crippen LogP contribution in [-0.2, 0) is 13.6 Å². The number of amides is 1. The molecule has 3 aromatic rings. The number of rotatable bonds is 6. The Kier molecular flexibility index (Phi) is 5.36. The van der Waals surface area contributed by atoms with Crippen LogP contribution in [0.15, 0.2) is 24.5 Å². The fraction of sp³-hybridized carbons (Fsp3) is 0.524. The first-order valence-corrected chi connectivity index (χ1v) is 10.2. The number of aryl methyl sites for hydroxylation is 3. The molecule has 8 heteroatoms. The Hall–Kier alpha value is -2.74. The summed E-state index contributed by atoms with van der Waals surface area (Å²) in [5.41, 5.74) is 3.14. The lowest BCUT2D eigenvalue weighted by Crippen LogP contribution is -2.30. The molecular formula is C21H29N7O. The third kappa shape index (κ3) is 4.17. The Labute approximate surface area is 171 Å². The van der Waals surface area contributed by atoms with E-state index in [0.29, 0.717) is 11.6 Å². The number of hydrogen-bond acceptors (Lipinski definition) is 5. The topological polar surface area (TPSA) is 71.6 Å². The molecule has 154 valence electrons. The van der Waals surface area contributed by atoms with Crippen LogP contribution in [0.5, 0.6) is 0 Å². The summed E-state index contributed by atoms with van der Waals surface area (Å²) in [5, 5.41) is 4.49. The van der Waals surface area contributed by atoms with Gasteiger partial charge in [0.15, 0.2) is 11.3 Å². The Morgan fingerprint density at radius 3 is 2.90 bits per heavy atom. The lowest BCUT2D eigenvalue weighted by Gasteiger charge is -2.19. The van der Waals surface area contributed by atoms with Crippen molar-refractivity contribution in [2.45, 2.75) is 33.2 Å². The van der Waals surface area contributed by atoms with Gasteiger partial charge in [-0.15, -0.1) is 0 Å². The number of hydrogen-bond donors (Lipinski definition) is 0. The smallest absolute Gasteiger partial charge is 0.274 e. The van der Waals surface area contributed by atoms with Crippen molar-refractivity contribution in [1.29, 1.82) is 0 Å². The van der Waals surface area contributed by atoms with Gasteiger partial charge >= 0.3 is 0 Å². The first-order chi connectivity index (χ1) is 13.9. The summed E-state index contributed by atoms with van der Waals surface area (Å²) in [6, 6.07) is 3.78. The van der Waals surface area contributed by atoms with E-state index >= 15 is 0 Å². The summed E-state index contributed by atoms with van der Waals surface area (Å²) >= 11 is 0. The summed E-state index contributed by atoms with van der Waals surface area (Å²) in [6.45, 7) is 7.37. The van der Waals surface area contributed by atoms with E-state index in [1.807, 2.05) is 44.3 Å². The zero-order valence-corrected chi connectivity index (χ0v) is 17.7. The number of carbonyl (C=O) groups is 1. The van der Waals surface area contributed by atoms with Crippen molar-refractivity contribution in [3.05, 3.63) is 47.4 Å². The van der Waals surface area contributed by atoms with E-state index < -0.39 is 0 Å². The van der Waals surface area contributed by atoms with Crippen LogP contribution in [0.3, 0.4) is 0 Å². The molecule has 1 atom stereocenters. The Balaban J connectivity index is 1.33. The highest BCUT2D eigenvalue weighted by Gasteiger charge is 2.28. The van der Waals surface area contributed by atoms with Gasteiger partial charge in [0.2, 0.25) is 0 Å². The fourth-order valence-corrected chi connectivity index (χ4v) is 4.08. The van der Waals surface area contributed by atoms with Crippen molar-refractivity contribution in [3.63, 3.8) is 0 Å². The molecule has 0 N–H and O–H groups in total. The molecule has 29 heavy (non-hydrogen) atoms. The van der Waals surface area contributed by atoms with Crippen LogP contribution in [0.1, 0.15) is 40.5 Å². The molecule has 4 rings (SSSR count). The molecule has 1 fully saturated rings. The number of fused-ring (bicyclic) bond motifs is 1. The molecule has 0 spiro atoms. The van der Waals surface area contributed by atoms with Crippen LogP contribution < -0.4 is 0 Å². The highest BCUT2D eigenvalue weighted by atomic mass is 16.2. The second kappa shape index (κ2) is 7.94. The van der Waals surface area contributed by atoms with Gasteiger partial charge in [0.25, 0.3) is 5.91 Å². The van der Waals surface area contributed by atoms with Gasteiger partial charge in [-0.3, -0.25) is 9.69 Å². The number of carbonyl (C=O) groups excluding carboxylic acids is 1. The average molecular weight is 396 g/mol. The van der Waals surface area contributed by atoms with E-state index in [1.165, 1.54) is 0 Å². The molecule has 1 aliphatic heterocycles. The molecule has 0 aliphatic carbocycles. The Morgan fingerprint density at radius 1 is 1.31 bits per heavy atom. The minimum atomic E-state index is 0.0106. The second-order valence-corrected chi connectivity index (χ2v) is 8.23. The maximum Gasteiger partial charge on any atom is 0.274 e. The number of imidazole rings is 1. The van der Waals surface area contributed by atoms with Gasteiger partial charge < -0.3 is 9.47 Å². The maximum atomic E-state index is 12.9. The van der Waals surface area contributed by atoms with Crippen molar-refractivity contribution in [1.82, 2.24) is 33.9 Å². The average Bonchev–Trinajstić information content (AvgIpc) is 3.40. The van der Waals surface area contributed by atoms with Crippen LogP contribution in [0.2, 0.25) is 0 Å². The first kappa shape index (κ1) is 19.6. The molecule has 0 unspecified atom stereocenters. The van der Waals surface area contributed by atoms with Crippen LogP contribution in [0.25, 0.3) is 5.65 Å². The van der Waals surface area contributed by atoms with Crippen LogP contribution in [0, 0.1) is 19.8 Å². The number of likely N-dealkylation sites (tertiary alicyclic amines) is 1. The van der Waals surface area contributed by atoms with Crippen molar-refractivity contribution >= 4 is 11.6 Å². The largest absolute Gasteiger partial charge is 0.337 e. The van der Waals surface area contributed by atoms with Crippen molar-refractivity contribution in [2.24, 2.45) is 13.0 Å². The maximum absolute atomic E-state index is 12.9. The zero-order chi connectivity index (χ0) is 20.5. The van der Waals surface area contributed by atoms with Gasteiger partial charge in [-0.05, 0) is 52.3 Å². The standard InChI is InChI=1S/C21H29N7O/c1-15-11-16(2)28-19(23-15)12-18(24-28)21(29)27-9-6-17(13-27)5-8-25(3)14-20-22-7-10-26(20)4/h7,10-12,17H,5-6,8-9,13-14H2,1-4H3/t17-/m1/s1. The molecule has 1 aliphatic rings. The fourth-order valence-electron chi connectivity index (χ4n) is 4.08. The van der Waals surface area contributed by atoms with Crippen LogP contribution in [-0.4, -0.2) is 66.5 Å². The molecule has 0 bridgehead atoms. The van der Waals surface area contributed by atoms with E-state index in [0.717, 1.165) is 61.9 Å². The van der Waals surface area contributed by atoms with E-state index in [1.54, 1.807) is 10.6 Å². The third-order valence-corrected chi connectivity index (χ3v) is 5.78. The van der Waals surface area contributed by atoms with Crippen molar-refractivity contribution < 1.29 is 4.79 Å². The van der Waals surface area contributed by atoms with E-state index in [4.69, 9.17) is 0 Å². The number of nitrogens with zero attached hydrogens (tertiary/aromatic N) is 7. The summed E-state index contributed by atoms with van der Waals surface area (Å²) in [4.78, 5) is 26.1. The summed E-state index contributed by atoms with van der Waals surface area (Å²) in [7, 11) is 4.15. The molecule has 0 aromatic carbocycles. The SMILES string of the molecule is Cc1cc(C)n2nc(C(=O)N3CC[C@@H](CCN(C)Cc4nccn4C)C3)cc2n1. The first-order valence-electron chi connectivity index (χ1n) is 10.2. The summed E-state index contributed by atoms with van der Waals surface area (Å²) in [5.74, 6) is 1.61. The van der Waals surface area contributed by atoms with Crippen LogP contribution >= 0.6 is 0 Å². The van der Waals surface area contributed by atoms with Gasteiger partial charge in [-0.1, -0.05) is 0 Å². The summed E-state index contributed by atoms with van der Waals surface area (Å²) < 4.78 is 3.81. The minimum absolute atomic E-state index is 0.0106. The zero-order valence-electron chi connectivity index (χ0n) is 17.7. The minimum Gasteiger partial charge on any atom is -0.337 e. The molecule has 3 aromatic heterocycles. The van der Waals surface area contributed by atoms with E-state index in [-0.39, 0.29) is 5.91 Å². The van der Waals surface area contributed by atoms with Gasteiger partial charge in [-0.25, -0.2) is 14.5 Å². The van der Waals surface area contributed by atoms with Gasteiger partial charge in [0, 0.05) is 50.0 Å². The van der Waals surface area contributed by atoms with Crippen molar-refractivity contribution in [2.75, 3.05) is 26.7 Å². The predicted octanol–water partition coefficient (Wildman–Crippen LogP) is 2.06. The predicted molar refractivity (Wildman–Crippen MR) is 111 cm³/mol. The number of aromatic nitrogens is 5. The highest BCUT2D eigenvalue weighted by Crippen LogP contribution is 2.22.